The van der Waals surface area contributed by atoms with Gasteiger partial charge in [-0.1, -0.05) is 23.4 Å². The monoisotopic (exact) mass is 447 g/mol. The van der Waals surface area contributed by atoms with E-state index in [1.165, 1.54) is 6.07 Å². The fourth-order valence-corrected chi connectivity index (χ4v) is 3.64. The molecule has 4 rings (SSSR count). The Balaban J connectivity index is 1.60. The van der Waals surface area contributed by atoms with E-state index in [-0.39, 0.29) is 5.75 Å². The molecule has 0 unspecified atom stereocenters. The third kappa shape index (κ3) is 4.01. The molecule has 1 fully saturated rings. The number of nitrogens with zero attached hydrogens (tertiary/aromatic N) is 3. The second-order valence-corrected chi connectivity index (χ2v) is 7.53. The fraction of sp³-hybridized carbons (Fsp3) is 0.429. The highest BCUT2D eigenvalue weighted by Crippen LogP contribution is 2.34. The normalized spacial score (nSPS) is 28.1. The van der Waals surface area contributed by atoms with Crippen molar-refractivity contribution in [3.8, 4) is 11.5 Å². The van der Waals surface area contributed by atoms with E-state index in [2.05, 4.69) is 10.3 Å². The Bertz CT molecular complexity index is 1060. The Morgan fingerprint density at radius 1 is 1.12 bits per heavy atom. The van der Waals surface area contributed by atoms with Gasteiger partial charge in [0.25, 0.3) is 5.79 Å². The lowest BCUT2D eigenvalue weighted by Gasteiger charge is -2.45. The van der Waals surface area contributed by atoms with Crippen molar-refractivity contribution in [1.82, 2.24) is 15.0 Å². The number of para-hydroxylation sites is 1. The number of rotatable bonds is 7. The number of fused-ring (bicyclic) bond motifs is 1. The van der Waals surface area contributed by atoms with Crippen LogP contribution in [-0.2, 0) is 17.7 Å². The molecule has 0 amide bonds. The van der Waals surface area contributed by atoms with Gasteiger partial charge >= 0.3 is 0 Å². The zero-order chi connectivity index (χ0) is 22.9. The fourth-order valence-electron chi connectivity index (χ4n) is 3.64. The lowest BCUT2D eigenvalue weighted by molar-refractivity contribution is -0.385. The molecule has 1 saturated heterocycles. The molecule has 11 heteroatoms. The molecule has 5 atom stereocenters. The van der Waals surface area contributed by atoms with E-state index in [9.17, 15) is 25.5 Å². The van der Waals surface area contributed by atoms with E-state index in [4.69, 9.17) is 14.2 Å². The number of aliphatic hydroxyl groups excluding tert-OH is 4. The lowest BCUT2D eigenvalue weighted by atomic mass is 9.96. The molecular weight excluding hydrogens is 422 g/mol. The van der Waals surface area contributed by atoms with Crippen molar-refractivity contribution in [1.29, 1.82) is 0 Å². The molecule has 0 saturated carbocycles. The summed E-state index contributed by atoms with van der Waals surface area (Å²) in [5, 5.41) is 59.1. The Kier molecular flexibility index (Phi) is 6.29. The summed E-state index contributed by atoms with van der Waals surface area (Å²) >= 11 is 0. The highest BCUT2D eigenvalue weighted by Gasteiger charge is 2.57. The Morgan fingerprint density at radius 2 is 1.88 bits per heavy atom. The Hall–Kier alpha value is -2.80. The van der Waals surface area contributed by atoms with Crippen molar-refractivity contribution in [2.45, 2.75) is 43.4 Å². The van der Waals surface area contributed by atoms with Crippen LogP contribution >= 0.6 is 0 Å². The Labute approximate surface area is 183 Å². The third-order valence-corrected chi connectivity index (χ3v) is 5.51. The summed E-state index contributed by atoms with van der Waals surface area (Å²) in [6.07, 6.45) is -6.34. The first-order chi connectivity index (χ1) is 15.4. The summed E-state index contributed by atoms with van der Waals surface area (Å²) in [5.74, 6) is -1.87. The van der Waals surface area contributed by atoms with Crippen LogP contribution in [-0.4, -0.2) is 84.6 Å². The Morgan fingerprint density at radius 3 is 2.56 bits per heavy atom. The van der Waals surface area contributed by atoms with E-state index in [1.54, 1.807) is 23.9 Å². The minimum atomic E-state index is -2.69. The summed E-state index contributed by atoms with van der Waals surface area (Å²) in [4.78, 5) is 0. The number of benzene rings is 2. The van der Waals surface area contributed by atoms with Gasteiger partial charge in [-0.05, 0) is 36.2 Å². The second kappa shape index (κ2) is 8.98. The van der Waals surface area contributed by atoms with Gasteiger partial charge in [-0.2, -0.15) is 0 Å². The van der Waals surface area contributed by atoms with Crippen molar-refractivity contribution in [2.24, 2.45) is 0 Å². The molecule has 5 N–H and O–H groups in total. The number of aliphatic hydroxyl groups is 5. The van der Waals surface area contributed by atoms with Gasteiger partial charge in [-0.25, -0.2) is 4.68 Å². The van der Waals surface area contributed by atoms with Crippen molar-refractivity contribution < 1.29 is 39.7 Å². The first kappa shape index (κ1) is 22.4. The van der Waals surface area contributed by atoms with Gasteiger partial charge in [-0.15, -0.1) is 5.10 Å². The number of aryl methyl sites for hydroxylation is 2. The largest absolute Gasteiger partial charge is 0.497 e. The van der Waals surface area contributed by atoms with Crippen molar-refractivity contribution in [3.63, 3.8) is 0 Å². The van der Waals surface area contributed by atoms with Crippen molar-refractivity contribution >= 4 is 11.0 Å². The maximum absolute atomic E-state index is 10.8. The molecule has 0 bridgehead atoms. The molecule has 32 heavy (non-hydrogen) atoms. The minimum absolute atomic E-state index is 0.0704. The lowest BCUT2D eigenvalue weighted by Crippen LogP contribution is -2.69. The maximum Gasteiger partial charge on any atom is 0.288 e. The molecule has 3 aromatic rings. The molecule has 1 aromatic heterocycles. The molecule has 11 nitrogen and oxygen atoms in total. The predicted octanol–water partition coefficient (Wildman–Crippen LogP) is -0.819. The number of hydrogen-bond acceptors (Lipinski definition) is 10. The van der Waals surface area contributed by atoms with E-state index in [1.807, 2.05) is 24.3 Å². The van der Waals surface area contributed by atoms with Crippen LogP contribution in [0.25, 0.3) is 11.0 Å². The maximum atomic E-state index is 10.8. The summed E-state index contributed by atoms with van der Waals surface area (Å²) < 4.78 is 17.4. The van der Waals surface area contributed by atoms with Gasteiger partial charge in [0.1, 0.15) is 29.0 Å². The van der Waals surface area contributed by atoms with E-state index in [0.29, 0.717) is 24.0 Å². The van der Waals surface area contributed by atoms with Gasteiger partial charge in [0.2, 0.25) is 6.29 Å². The molecule has 1 aliphatic rings. The first-order valence-electron chi connectivity index (χ1n) is 10.0. The molecule has 1 aliphatic heterocycles. The number of hydrogen-bond donors (Lipinski definition) is 5. The van der Waals surface area contributed by atoms with E-state index < -0.39 is 37.0 Å². The molecule has 2 heterocycles. The zero-order valence-electron chi connectivity index (χ0n) is 17.3. The van der Waals surface area contributed by atoms with Crippen LogP contribution in [0.1, 0.15) is 5.56 Å². The van der Waals surface area contributed by atoms with Gasteiger partial charge in [0, 0.05) is 6.54 Å². The summed E-state index contributed by atoms with van der Waals surface area (Å²) in [7, 11) is 1.60. The number of methoxy groups -OCH3 is 1. The molecule has 0 radical (unpaired) electrons. The SMILES string of the molecule is COc1ccc(CCn2nnc3cccc(O[C@@]4(O)[C@H](O)O[C@@H](CO)[C@H](O)[C@H]4O)c32)cc1. The zero-order valence-corrected chi connectivity index (χ0v) is 17.3. The number of ether oxygens (including phenoxy) is 3. The van der Waals surface area contributed by atoms with Crippen LogP contribution in [0.2, 0.25) is 0 Å². The summed E-state index contributed by atoms with van der Waals surface area (Å²) in [5.41, 5.74) is 1.93. The predicted molar refractivity (Wildman–Crippen MR) is 110 cm³/mol. The van der Waals surface area contributed by atoms with Crippen LogP contribution in [0, 0.1) is 0 Å². The summed E-state index contributed by atoms with van der Waals surface area (Å²) in [6.45, 7) is -0.235. The van der Waals surface area contributed by atoms with Crippen LogP contribution < -0.4 is 9.47 Å². The van der Waals surface area contributed by atoms with Gasteiger partial charge < -0.3 is 39.7 Å². The average molecular weight is 447 g/mol. The highest BCUT2D eigenvalue weighted by atomic mass is 16.7. The van der Waals surface area contributed by atoms with Crippen molar-refractivity contribution in [2.75, 3.05) is 13.7 Å². The minimum Gasteiger partial charge on any atom is -0.497 e. The highest BCUT2D eigenvalue weighted by molar-refractivity contribution is 5.81. The average Bonchev–Trinajstić information content (AvgIpc) is 3.23. The van der Waals surface area contributed by atoms with Crippen LogP contribution in [0.5, 0.6) is 11.5 Å². The molecule has 172 valence electrons. The summed E-state index contributed by atoms with van der Waals surface area (Å²) in [6, 6.07) is 12.4. The third-order valence-electron chi connectivity index (χ3n) is 5.51. The topological polar surface area (TPSA) is 160 Å². The van der Waals surface area contributed by atoms with Gasteiger partial charge in [0.15, 0.2) is 11.9 Å². The molecule has 0 aliphatic carbocycles. The van der Waals surface area contributed by atoms with Crippen molar-refractivity contribution in [3.05, 3.63) is 48.0 Å². The van der Waals surface area contributed by atoms with Crippen LogP contribution in [0.3, 0.4) is 0 Å². The van der Waals surface area contributed by atoms with Gasteiger partial charge in [-0.3, -0.25) is 0 Å². The number of aromatic nitrogens is 3. The smallest absolute Gasteiger partial charge is 0.288 e. The first-order valence-corrected chi connectivity index (χ1v) is 10.0. The molecular formula is C21H25N3O8. The van der Waals surface area contributed by atoms with E-state index in [0.717, 1.165) is 11.3 Å². The van der Waals surface area contributed by atoms with Crippen LogP contribution in [0.4, 0.5) is 0 Å². The molecule has 2 aromatic carbocycles. The molecule has 0 spiro atoms. The standard InChI is InChI=1S/C21H25N3O8/c1-30-13-7-5-12(6-8-13)9-10-24-17-14(22-23-24)3-2-4-15(17)32-21(29)19(27)18(26)16(11-25)31-20(21)28/h2-8,16,18-20,25-29H,9-11H2,1H3/t16-,18-,19+,20+,21+/m0/s1. The van der Waals surface area contributed by atoms with Crippen LogP contribution in [0.15, 0.2) is 42.5 Å². The van der Waals surface area contributed by atoms with E-state index >= 15 is 0 Å². The van der Waals surface area contributed by atoms with Gasteiger partial charge in [0.05, 0.1) is 13.7 Å². The second-order valence-electron chi connectivity index (χ2n) is 7.53. The quantitative estimate of drug-likeness (QED) is 0.290.